The van der Waals surface area contributed by atoms with Gasteiger partial charge in [0, 0.05) is 19.0 Å². The first-order chi connectivity index (χ1) is 15.4. The molecule has 2 amide bonds. The van der Waals surface area contributed by atoms with Crippen LogP contribution in [0.1, 0.15) is 62.5 Å². The van der Waals surface area contributed by atoms with E-state index in [9.17, 15) is 9.59 Å². The topological polar surface area (TPSA) is 81.0 Å². The summed E-state index contributed by atoms with van der Waals surface area (Å²) in [7, 11) is 0. The van der Waals surface area contributed by atoms with Crippen LogP contribution >= 0.6 is 0 Å². The molecule has 32 heavy (non-hydrogen) atoms. The van der Waals surface area contributed by atoms with Crippen molar-refractivity contribution in [2.45, 2.75) is 46.6 Å². The van der Waals surface area contributed by atoms with Crippen LogP contribution in [0.2, 0.25) is 0 Å². The zero-order valence-corrected chi connectivity index (χ0v) is 19.4. The highest BCUT2D eigenvalue weighted by atomic mass is 16.5. The summed E-state index contributed by atoms with van der Waals surface area (Å²) in [6.45, 7) is 10.3. The molecule has 0 saturated carbocycles. The molecular formula is C25H34N2O5. The van der Waals surface area contributed by atoms with Gasteiger partial charge in [-0.05, 0) is 56.4 Å². The molecule has 0 bridgehead atoms. The van der Waals surface area contributed by atoms with Crippen molar-refractivity contribution in [1.82, 2.24) is 10.2 Å². The lowest BCUT2D eigenvalue weighted by Crippen LogP contribution is -2.44. The summed E-state index contributed by atoms with van der Waals surface area (Å²) in [6, 6.07) is 7.39. The van der Waals surface area contributed by atoms with Gasteiger partial charge >= 0.3 is 0 Å². The summed E-state index contributed by atoms with van der Waals surface area (Å²) in [5, 5.41) is 3.24. The number of ether oxygens (including phenoxy) is 2. The monoisotopic (exact) mass is 442 g/mol. The summed E-state index contributed by atoms with van der Waals surface area (Å²) in [5.74, 6) is 1.48. The van der Waals surface area contributed by atoms with Crippen molar-refractivity contribution in [2.75, 3.05) is 26.3 Å². The number of benzene rings is 1. The van der Waals surface area contributed by atoms with Gasteiger partial charge in [-0.2, -0.15) is 0 Å². The molecule has 174 valence electrons. The number of nitrogens with zero attached hydrogens (tertiary/aromatic N) is 1. The summed E-state index contributed by atoms with van der Waals surface area (Å²) in [6.07, 6.45) is 4.25. The fraction of sp³-hybridized carbons (Fsp3) is 0.520. The van der Waals surface area contributed by atoms with Crippen LogP contribution in [0.15, 0.2) is 41.2 Å². The molecule has 1 atom stereocenters. The largest absolute Gasteiger partial charge is 0.490 e. The quantitative estimate of drug-likeness (QED) is 0.621. The van der Waals surface area contributed by atoms with Crippen molar-refractivity contribution in [3.8, 4) is 11.5 Å². The lowest BCUT2D eigenvalue weighted by Gasteiger charge is -2.33. The first-order valence-electron chi connectivity index (χ1n) is 11.5. The van der Waals surface area contributed by atoms with Crippen LogP contribution < -0.4 is 14.8 Å². The number of piperidine rings is 1. The molecule has 1 aliphatic rings. The zero-order chi connectivity index (χ0) is 23.1. The normalized spacial score (nSPS) is 15.5. The molecule has 0 radical (unpaired) electrons. The first-order valence-corrected chi connectivity index (χ1v) is 11.5. The molecule has 1 saturated heterocycles. The second kappa shape index (κ2) is 11.1. The second-order valence-electron chi connectivity index (χ2n) is 8.38. The van der Waals surface area contributed by atoms with Gasteiger partial charge in [0.2, 0.25) is 5.91 Å². The molecule has 1 aromatic carbocycles. The Morgan fingerprint density at radius 3 is 2.38 bits per heavy atom. The van der Waals surface area contributed by atoms with Crippen molar-refractivity contribution >= 4 is 11.8 Å². The van der Waals surface area contributed by atoms with Gasteiger partial charge in [-0.3, -0.25) is 9.59 Å². The van der Waals surface area contributed by atoms with E-state index in [-0.39, 0.29) is 29.7 Å². The van der Waals surface area contributed by atoms with E-state index in [4.69, 9.17) is 13.9 Å². The Kier molecular flexibility index (Phi) is 8.20. The summed E-state index contributed by atoms with van der Waals surface area (Å²) in [5.41, 5.74) is 1.54. The maximum atomic E-state index is 13.1. The van der Waals surface area contributed by atoms with Gasteiger partial charge in [0.15, 0.2) is 11.5 Å². The molecule has 3 rings (SSSR count). The molecule has 0 aliphatic carbocycles. The first kappa shape index (κ1) is 23.7. The maximum absolute atomic E-state index is 13.1. The van der Waals surface area contributed by atoms with Gasteiger partial charge < -0.3 is 24.1 Å². The average Bonchev–Trinajstić information content (AvgIpc) is 3.33. The van der Waals surface area contributed by atoms with E-state index in [2.05, 4.69) is 19.2 Å². The van der Waals surface area contributed by atoms with Gasteiger partial charge in [-0.15, -0.1) is 0 Å². The minimum absolute atomic E-state index is 0.0333. The number of carbonyl (C=O) groups is 2. The number of hydrogen-bond donors (Lipinski definition) is 1. The molecule has 1 N–H and O–H groups in total. The predicted molar refractivity (Wildman–Crippen MR) is 122 cm³/mol. The highest BCUT2D eigenvalue weighted by Gasteiger charge is 2.30. The van der Waals surface area contributed by atoms with Crippen molar-refractivity contribution in [3.63, 3.8) is 0 Å². The van der Waals surface area contributed by atoms with Crippen molar-refractivity contribution in [3.05, 3.63) is 47.9 Å². The maximum Gasteiger partial charge on any atom is 0.257 e. The van der Waals surface area contributed by atoms with Gasteiger partial charge in [0.25, 0.3) is 5.91 Å². The predicted octanol–water partition coefficient (Wildman–Crippen LogP) is 4.44. The number of hydrogen-bond acceptors (Lipinski definition) is 5. The zero-order valence-electron chi connectivity index (χ0n) is 19.4. The van der Waals surface area contributed by atoms with E-state index in [1.165, 1.54) is 12.5 Å². The summed E-state index contributed by atoms with van der Waals surface area (Å²) in [4.78, 5) is 27.4. The van der Waals surface area contributed by atoms with Crippen LogP contribution in [0.3, 0.4) is 0 Å². The molecule has 7 nitrogen and oxygen atoms in total. The Hall–Kier alpha value is -2.96. The van der Waals surface area contributed by atoms with Crippen LogP contribution in [-0.2, 0) is 4.79 Å². The highest BCUT2D eigenvalue weighted by Crippen LogP contribution is 2.33. The Morgan fingerprint density at radius 2 is 1.78 bits per heavy atom. The average molecular weight is 443 g/mol. The molecular weight excluding hydrogens is 408 g/mol. The van der Waals surface area contributed by atoms with Crippen molar-refractivity contribution < 1.29 is 23.5 Å². The number of likely N-dealkylation sites (tertiary alicyclic amines) is 1. The molecule has 1 aliphatic heterocycles. The minimum atomic E-state index is -0.136. The molecule has 2 heterocycles. The fourth-order valence-electron chi connectivity index (χ4n) is 4.08. The molecule has 1 fully saturated rings. The molecule has 1 aromatic heterocycles. The summed E-state index contributed by atoms with van der Waals surface area (Å²) >= 11 is 0. The van der Waals surface area contributed by atoms with E-state index in [0.29, 0.717) is 56.2 Å². The van der Waals surface area contributed by atoms with Gasteiger partial charge in [-0.1, -0.05) is 19.9 Å². The molecule has 7 heteroatoms. The van der Waals surface area contributed by atoms with Crippen molar-refractivity contribution in [1.29, 1.82) is 0 Å². The summed E-state index contributed by atoms with van der Waals surface area (Å²) < 4.78 is 16.4. The number of amides is 2. The Balaban J connectivity index is 1.64. The van der Waals surface area contributed by atoms with E-state index >= 15 is 0 Å². The number of rotatable bonds is 9. The van der Waals surface area contributed by atoms with E-state index in [1.807, 2.05) is 32.0 Å². The Labute approximate surface area is 190 Å². The number of nitrogens with one attached hydrogen (secondary N) is 1. The lowest BCUT2D eigenvalue weighted by molar-refractivity contribution is -0.127. The number of carbonyl (C=O) groups excluding carboxylic acids is 2. The van der Waals surface area contributed by atoms with E-state index in [1.54, 1.807) is 11.0 Å². The van der Waals surface area contributed by atoms with Crippen LogP contribution in [-0.4, -0.2) is 43.0 Å². The van der Waals surface area contributed by atoms with Crippen LogP contribution in [0.25, 0.3) is 0 Å². The van der Waals surface area contributed by atoms with Crippen LogP contribution in [0.5, 0.6) is 11.5 Å². The smallest absolute Gasteiger partial charge is 0.257 e. The van der Waals surface area contributed by atoms with Gasteiger partial charge in [0.1, 0.15) is 6.26 Å². The molecule has 1 unspecified atom stereocenters. The van der Waals surface area contributed by atoms with Gasteiger partial charge in [-0.25, -0.2) is 0 Å². The number of furan rings is 1. The van der Waals surface area contributed by atoms with E-state index in [0.717, 1.165) is 5.56 Å². The SMILES string of the molecule is CCOc1ccc(C(NC(=O)C2CCN(C(=O)c3ccoc3)CC2)C(C)C)cc1OCC. The standard InChI is InChI=1S/C25H34N2O5/c1-5-31-21-8-7-19(15-22(21)32-6-2)23(17(3)4)26-24(28)18-9-12-27(13-10-18)25(29)20-11-14-30-16-20/h7-8,11,14-18,23H,5-6,9-10,12-13H2,1-4H3,(H,26,28). The molecule has 2 aromatic rings. The fourth-order valence-corrected chi connectivity index (χ4v) is 4.08. The Morgan fingerprint density at radius 1 is 1.09 bits per heavy atom. The lowest BCUT2D eigenvalue weighted by atomic mass is 9.92. The van der Waals surface area contributed by atoms with Crippen LogP contribution in [0, 0.1) is 11.8 Å². The minimum Gasteiger partial charge on any atom is -0.490 e. The third-order valence-corrected chi connectivity index (χ3v) is 5.81. The van der Waals surface area contributed by atoms with Gasteiger partial charge in [0.05, 0.1) is 31.1 Å². The highest BCUT2D eigenvalue weighted by molar-refractivity contribution is 5.94. The Bertz CT molecular complexity index is 886. The third kappa shape index (κ3) is 5.64. The second-order valence-corrected chi connectivity index (χ2v) is 8.38. The third-order valence-electron chi connectivity index (χ3n) is 5.81. The van der Waals surface area contributed by atoms with E-state index < -0.39 is 0 Å². The van der Waals surface area contributed by atoms with Crippen LogP contribution in [0.4, 0.5) is 0 Å². The molecule has 0 spiro atoms. The van der Waals surface area contributed by atoms with Crippen molar-refractivity contribution in [2.24, 2.45) is 11.8 Å².